The van der Waals surface area contributed by atoms with Crippen LogP contribution in [0.5, 0.6) is 0 Å². The Bertz CT molecular complexity index is 344. The Labute approximate surface area is 109 Å². The molecule has 0 unspecified atom stereocenters. The zero-order valence-electron chi connectivity index (χ0n) is 11.4. The lowest BCUT2D eigenvalue weighted by atomic mass is 10.1. The van der Waals surface area contributed by atoms with Crippen LogP contribution in [0.25, 0.3) is 0 Å². The Morgan fingerprint density at radius 1 is 1.17 bits per heavy atom. The van der Waals surface area contributed by atoms with Crippen molar-refractivity contribution in [1.29, 1.82) is 0 Å². The standard InChI is InChI=1S/C13H24N4O/c1-3-7-11-12(14-2)16-10-17-13(11)15-8-5-4-6-9-18/h10,18H,3-9H2,1-2H3,(H2,14,15,16,17). The molecule has 0 spiro atoms. The van der Waals surface area contributed by atoms with Gasteiger partial charge in [-0.2, -0.15) is 0 Å². The molecule has 0 amide bonds. The van der Waals surface area contributed by atoms with Crippen molar-refractivity contribution in [3.05, 3.63) is 11.9 Å². The summed E-state index contributed by atoms with van der Waals surface area (Å²) in [5, 5.41) is 15.2. The fourth-order valence-electron chi connectivity index (χ4n) is 1.89. The maximum atomic E-state index is 8.72. The molecule has 0 saturated carbocycles. The molecule has 1 rings (SSSR count). The Morgan fingerprint density at radius 2 is 1.94 bits per heavy atom. The van der Waals surface area contributed by atoms with E-state index in [9.17, 15) is 0 Å². The molecule has 0 bridgehead atoms. The van der Waals surface area contributed by atoms with Gasteiger partial charge in [0.25, 0.3) is 0 Å². The lowest BCUT2D eigenvalue weighted by Gasteiger charge is -2.13. The van der Waals surface area contributed by atoms with Crippen molar-refractivity contribution < 1.29 is 5.11 Å². The van der Waals surface area contributed by atoms with E-state index in [0.717, 1.165) is 55.8 Å². The van der Waals surface area contributed by atoms with E-state index in [1.165, 1.54) is 0 Å². The van der Waals surface area contributed by atoms with E-state index in [1.54, 1.807) is 6.33 Å². The smallest absolute Gasteiger partial charge is 0.134 e. The summed E-state index contributed by atoms with van der Waals surface area (Å²) in [6, 6.07) is 0. The van der Waals surface area contributed by atoms with E-state index in [-0.39, 0.29) is 6.61 Å². The molecule has 0 aliphatic heterocycles. The van der Waals surface area contributed by atoms with Gasteiger partial charge in [0.2, 0.25) is 0 Å². The summed E-state index contributed by atoms with van der Waals surface area (Å²) in [6.07, 6.45) is 6.58. The van der Waals surface area contributed by atoms with Crippen LogP contribution in [-0.2, 0) is 6.42 Å². The highest BCUT2D eigenvalue weighted by Gasteiger charge is 2.08. The van der Waals surface area contributed by atoms with Crippen LogP contribution in [0.4, 0.5) is 11.6 Å². The van der Waals surface area contributed by atoms with E-state index in [0.29, 0.717) is 0 Å². The first-order valence-corrected chi connectivity index (χ1v) is 6.69. The van der Waals surface area contributed by atoms with Gasteiger partial charge in [0.1, 0.15) is 18.0 Å². The number of hydrogen-bond donors (Lipinski definition) is 3. The molecular weight excluding hydrogens is 228 g/mol. The van der Waals surface area contributed by atoms with Crippen molar-refractivity contribution in [3.8, 4) is 0 Å². The van der Waals surface area contributed by atoms with Crippen LogP contribution in [0.3, 0.4) is 0 Å². The lowest BCUT2D eigenvalue weighted by molar-refractivity contribution is 0.283. The van der Waals surface area contributed by atoms with Gasteiger partial charge in [-0.1, -0.05) is 13.3 Å². The fraction of sp³-hybridized carbons (Fsp3) is 0.692. The van der Waals surface area contributed by atoms with Crippen LogP contribution < -0.4 is 10.6 Å². The molecule has 3 N–H and O–H groups in total. The summed E-state index contributed by atoms with van der Waals surface area (Å²) < 4.78 is 0. The number of hydrogen-bond acceptors (Lipinski definition) is 5. The van der Waals surface area contributed by atoms with Crippen LogP contribution in [-0.4, -0.2) is 35.3 Å². The van der Waals surface area contributed by atoms with Crippen molar-refractivity contribution in [2.24, 2.45) is 0 Å². The van der Waals surface area contributed by atoms with E-state index >= 15 is 0 Å². The van der Waals surface area contributed by atoms with Crippen molar-refractivity contribution >= 4 is 11.6 Å². The second-order valence-corrected chi connectivity index (χ2v) is 4.26. The van der Waals surface area contributed by atoms with Gasteiger partial charge in [0, 0.05) is 25.8 Å². The largest absolute Gasteiger partial charge is 0.396 e. The third kappa shape index (κ3) is 4.49. The number of rotatable bonds is 9. The minimum absolute atomic E-state index is 0.276. The number of aliphatic hydroxyl groups excluding tert-OH is 1. The number of anilines is 2. The monoisotopic (exact) mass is 252 g/mol. The van der Waals surface area contributed by atoms with Gasteiger partial charge < -0.3 is 15.7 Å². The van der Waals surface area contributed by atoms with Gasteiger partial charge in [-0.3, -0.25) is 0 Å². The molecular formula is C13H24N4O. The first kappa shape index (κ1) is 14.7. The number of unbranched alkanes of at least 4 members (excludes halogenated alkanes) is 2. The molecule has 5 nitrogen and oxygen atoms in total. The van der Waals surface area contributed by atoms with Crippen molar-refractivity contribution in [2.75, 3.05) is 30.8 Å². The topological polar surface area (TPSA) is 70.1 Å². The minimum Gasteiger partial charge on any atom is -0.396 e. The average molecular weight is 252 g/mol. The molecule has 0 aromatic carbocycles. The van der Waals surface area contributed by atoms with Gasteiger partial charge in [-0.05, 0) is 25.7 Å². The van der Waals surface area contributed by atoms with Gasteiger partial charge in [0.05, 0.1) is 0 Å². The number of aromatic nitrogens is 2. The molecule has 5 heteroatoms. The maximum Gasteiger partial charge on any atom is 0.134 e. The highest BCUT2D eigenvalue weighted by atomic mass is 16.2. The van der Waals surface area contributed by atoms with E-state index in [4.69, 9.17) is 5.11 Å². The Morgan fingerprint density at radius 3 is 2.61 bits per heavy atom. The van der Waals surface area contributed by atoms with E-state index in [2.05, 4.69) is 27.5 Å². The molecule has 0 fully saturated rings. The maximum absolute atomic E-state index is 8.72. The summed E-state index contributed by atoms with van der Waals surface area (Å²) in [4.78, 5) is 8.55. The first-order chi connectivity index (χ1) is 8.83. The Hall–Kier alpha value is -1.36. The quantitative estimate of drug-likeness (QED) is 0.587. The second-order valence-electron chi connectivity index (χ2n) is 4.26. The Kier molecular flexibility index (Phi) is 7.10. The SMILES string of the molecule is CCCc1c(NC)ncnc1NCCCCCO. The average Bonchev–Trinajstić information content (AvgIpc) is 2.40. The second kappa shape index (κ2) is 8.69. The van der Waals surface area contributed by atoms with Gasteiger partial charge in [-0.25, -0.2) is 9.97 Å². The van der Waals surface area contributed by atoms with Gasteiger partial charge in [-0.15, -0.1) is 0 Å². The van der Waals surface area contributed by atoms with Gasteiger partial charge in [0.15, 0.2) is 0 Å². The molecule has 0 radical (unpaired) electrons. The van der Waals surface area contributed by atoms with E-state index in [1.807, 2.05) is 7.05 Å². The molecule has 0 saturated heterocycles. The molecule has 0 aliphatic carbocycles. The number of aliphatic hydroxyl groups is 1. The van der Waals surface area contributed by atoms with Crippen LogP contribution in [0.15, 0.2) is 6.33 Å². The van der Waals surface area contributed by atoms with Crippen LogP contribution in [0.1, 0.15) is 38.2 Å². The highest BCUT2D eigenvalue weighted by molar-refractivity contribution is 5.57. The Balaban J connectivity index is 2.57. The molecule has 1 aromatic rings. The summed E-state index contributed by atoms with van der Waals surface area (Å²) in [6.45, 7) is 3.31. The highest BCUT2D eigenvalue weighted by Crippen LogP contribution is 2.21. The summed E-state index contributed by atoms with van der Waals surface area (Å²) >= 11 is 0. The van der Waals surface area contributed by atoms with Crippen LogP contribution >= 0.6 is 0 Å². The molecule has 1 aromatic heterocycles. The zero-order chi connectivity index (χ0) is 13.2. The van der Waals surface area contributed by atoms with Crippen LogP contribution in [0, 0.1) is 0 Å². The van der Waals surface area contributed by atoms with E-state index < -0.39 is 0 Å². The van der Waals surface area contributed by atoms with Crippen molar-refractivity contribution in [2.45, 2.75) is 39.0 Å². The molecule has 1 heterocycles. The van der Waals surface area contributed by atoms with Gasteiger partial charge >= 0.3 is 0 Å². The number of nitrogens with zero attached hydrogens (tertiary/aromatic N) is 2. The van der Waals surface area contributed by atoms with Crippen molar-refractivity contribution in [3.63, 3.8) is 0 Å². The van der Waals surface area contributed by atoms with Crippen LogP contribution in [0.2, 0.25) is 0 Å². The predicted molar refractivity (Wildman–Crippen MR) is 75.0 cm³/mol. The third-order valence-electron chi connectivity index (χ3n) is 2.81. The molecule has 0 atom stereocenters. The third-order valence-corrected chi connectivity index (χ3v) is 2.81. The first-order valence-electron chi connectivity index (χ1n) is 6.69. The lowest BCUT2D eigenvalue weighted by Crippen LogP contribution is -2.09. The normalized spacial score (nSPS) is 10.4. The minimum atomic E-state index is 0.276. The molecule has 18 heavy (non-hydrogen) atoms. The zero-order valence-corrected chi connectivity index (χ0v) is 11.4. The fourth-order valence-corrected chi connectivity index (χ4v) is 1.89. The van der Waals surface area contributed by atoms with Crippen molar-refractivity contribution in [1.82, 2.24) is 9.97 Å². The molecule has 0 aliphatic rings. The summed E-state index contributed by atoms with van der Waals surface area (Å²) in [7, 11) is 1.88. The summed E-state index contributed by atoms with van der Waals surface area (Å²) in [5.41, 5.74) is 1.16. The molecule has 102 valence electrons. The predicted octanol–water partition coefficient (Wildman–Crippen LogP) is 2.05. The number of nitrogens with one attached hydrogen (secondary N) is 2. The summed E-state index contributed by atoms with van der Waals surface area (Å²) in [5.74, 6) is 1.84.